The lowest BCUT2D eigenvalue weighted by Crippen LogP contribution is -2.22. The van der Waals surface area contributed by atoms with E-state index in [4.69, 9.17) is 14.0 Å². The number of ether oxygens (including phenoxy) is 2. The molecule has 5 rings (SSSR count). The Kier molecular flexibility index (Phi) is 4.53. The lowest BCUT2D eigenvalue weighted by molar-refractivity contribution is -0.00119. The number of nitrogens with zero attached hydrogens (tertiary/aromatic N) is 5. The SMILES string of the molecule is CCOc1ccc([C@@H]2Cn3nnc(-c4nc(-c5ccccc5)no4)c3CO2)cc1. The largest absolute Gasteiger partial charge is 0.494 e. The molecular weight excluding hydrogens is 370 g/mol. The summed E-state index contributed by atoms with van der Waals surface area (Å²) in [6.45, 7) is 3.54. The van der Waals surface area contributed by atoms with E-state index in [0.29, 0.717) is 37.2 Å². The summed E-state index contributed by atoms with van der Waals surface area (Å²) in [7, 11) is 0. The van der Waals surface area contributed by atoms with E-state index >= 15 is 0 Å². The number of benzene rings is 2. The molecule has 0 radical (unpaired) electrons. The Bertz CT molecular complexity index is 1110. The maximum atomic E-state index is 6.07. The summed E-state index contributed by atoms with van der Waals surface area (Å²) >= 11 is 0. The van der Waals surface area contributed by atoms with Gasteiger partial charge >= 0.3 is 0 Å². The topological polar surface area (TPSA) is 88.1 Å². The van der Waals surface area contributed by atoms with E-state index in [-0.39, 0.29) is 6.10 Å². The molecule has 29 heavy (non-hydrogen) atoms. The quantitative estimate of drug-likeness (QED) is 0.515. The lowest BCUT2D eigenvalue weighted by Gasteiger charge is -2.24. The highest BCUT2D eigenvalue weighted by molar-refractivity contribution is 5.58. The first-order valence-electron chi connectivity index (χ1n) is 9.48. The molecule has 2 aromatic heterocycles. The van der Waals surface area contributed by atoms with Crippen LogP contribution in [0.25, 0.3) is 23.0 Å². The summed E-state index contributed by atoms with van der Waals surface area (Å²) in [5.41, 5.74) is 3.34. The molecule has 0 spiro atoms. The fourth-order valence-corrected chi connectivity index (χ4v) is 3.35. The van der Waals surface area contributed by atoms with E-state index in [2.05, 4.69) is 20.5 Å². The molecule has 1 aliphatic heterocycles. The zero-order valence-corrected chi connectivity index (χ0v) is 15.9. The van der Waals surface area contributed by atoms with Crippen LogP contribution in [0.5, 0.6) is 5.75 Å². The van der Waals surface area contributed by atoms with Crippen molar-refractivity contribution in [2.45, 2.75) is 26.2 Å². The van der Waals surface area contributed by atoms with Crippen LogP contribution in [0.4, 0.5) is 0 Å². The zero-order chi connectivity index (χ0) is 19.6. The molecule has 0 N–H and O–H groups in total. The van der Waals surface area contributed by atoms with E-state index in [9.17, 15) is 0 Å². The second-order valence-electron chi connectivity index (χ2n) is 6.66. The summed E-state index contributed by atoms with van der Waals surface area (Å²) in [5, 5.41) is 12.6. The molecule has 8 nitrogen and oxygen atoms in total. The second kappa shape index (κ2) is 7.48. The number of hydrogen-bond donors (Lipinski definition) is 0. The zero-order valence-electron chi connectivity index (χ0n) is 15.9. The van der Waals surface area contributed by atoms with Gasteiger partial charge in [0.15, 0.2) is 5.69 Å². The highest BCUT2D eigenvalue weighted by Crippen LogP contribution is 2.31. The molecule has 0 unspecified atom stereocenters. The van der Waals surface area contributed by atoms with Gasteiger partial charge in [0.1, 0.15) is 11.9 Å². The molecule has 0 bridgehead atoms. The van der Waals surface area contributed by atoms with Crippen LogP contribution < -0.4 is 4.74 Å². The third-order valence-corrected chi connectivity index (χ3v) is 4.82. The molecule has 0 amide bonds. The van der Waals surface area contributed by atoms with Crippen LogP contribution in [0, 0.1) is 0 Å². The molecule has 1 aliphatic rings. The van der Waals surface area contributed by atoms with E-state index in [1.807, 2.05) is 66.2 Å². The van der Waals surface area contributed by atoms with Crippen molar-refractivity contribution in [2.24, 2.45) is 0 Å². The molecule has 8 heteroatoms. The van der Waals surface area contributed by atoms with Crippen LogP contribution in [0.15, 0.2) is 59.1 Å². The fraction of sp³-hybridized carbons (Fsp3) is 0.238. The second-order valence-corrected chi connectivity index (χ2v) is 6.66. The standard InChI is InChI=1S/C21H19N5O3/c1-2-27-16-10-8-14(9-11-16)18-12-26-17(13-28-18)19(23-25-26)21-22-20(24-29-21)15-6-4-3-5-7-15/h3-11,18H,2,12-13H2,1H3/t18-/m0/s1. The first kappa shape index (κ1) is 17.6. The first-order chi connectivity index (χ1) is 14.3. The maximum absolute atomic E-state index is 6.07. The predicted molar refractivity (Wildman–Crippen MR) is 104 cm³/mol. The minimum atomic E-state index is -0.102. The van der Waals surface area contributed by atoms with Crippen LogP contribution in [0.1, 0.15) is 24.3 Å². The van der Waals surface area contributed by atoms with E-state index in [1.165, 1.54) is 0 Å². The molecule has 3 heterocycles. The van der Waals surface area contributed by atoms with Crippen molar-refractivity contribution in [1.82, 2.24) is 25.1 Å². The Morgan fingerprint density at radius 1 is 1.10 bits per heavy atom. The van der Waals surface area contributed by atoms with Crippen LogP contribution in [-0.2, 0) is 17.9 Å². The predicted octanol–water partition coefficient (Wildman–Crippen LogP) is 3.67. The number of hydrogen-bond acceptors (Lipinski definition) is 7. The third kappa shape index (κ3) is 3.38. The van der Waals surface area contributed by atoms with Crippen LogP contribution in [0.2, 0.25) is 0 Å². The lowest BCUT2D eigenvalue weighted by atomic mass is 10.1. The summed E-state index contributed by atoms with van der Waals surface area (Å²) in [6.07, 6.45) is -0.102. The van der Waals surface area contributed by atoms with E-state index in [0.717, 1.165) is 22.6 Å². The van der Waals surface area contributed by atoms with Gasteiger partial charge in [-0.05, 0) is 24.6 Å². The van der Waals surface area contributed by atoms with Gasteiger partial charge < -0.3 is 14.0 Å². The number of rotatable bonds is 5. The molecule has 1 atom stereocenters. The highest BCUT2D eigenvalue weighted by atomic mass is 16.5. The molecule has 0 fully saturated rings. The van der Waals surface area contributed by atoms with E-state index < -0.39 is 0 Å². The van der Waals surface area contributed by atoms with Crippen molar-refractivity contribution in [3.8, 4) is 28.7 Å². The van der Waals surface area contributed by atoms with Crippen molar-refractivity contribution < 1.29 is 14.0 Å². The van der Waals surface area contributed by atoms with E-state index in [1.54, 1.807) is 0 Å². The molecule has 0 saturated heterocycles. The van der Waals surface area contributed by atoms with Gasteiger partial charge in [-0.25, -0.2) is 4.68 Å². The number of fused-ring (bicyclic) bond motifs is 1. The monoisotopic (exact) mass is 389 g/mol. The summed E-state index contributed by atoms with van der Waals surface area (Å²) in [5.74, 6) is 1.71. The molecule has 146 valence electrons. The third-order valence-electron chi connectivity index (χ3n) is 4.82. The Hall–Kier alpha value is -3.52. The average molecular weight is 389 g/mol. The van der Waals surface area contributed by atoms with Crippen molar-refractivity contribution >= 4 is 0 Å². The van der Waals surface area contributed by atoms with Crippen molar-refractivity contribution in [3.63, 3.8) is 0 Å². The fourth-order valence-electron chi connectivity index (χ4n) is 3.35. The average Bonchev–Trinajstić information content (AvgIpc) is 3.42. The van der Waals surface area contributed by atoms with Crippen LogP contribution in [-0.4, -0.2) is 31.7 Å². The van der Waals surface area contributed by atoms with Gasteiger partial charge in [0.05, 0.1) is 25.5 Å². The Morgan fingerprint density at radius 2 is 1.93 bits per heavy atom. The maximum Gasteiger partial charge on any atom is 0.280 e. The van der Waals surface area contributed by atoms with Gasteiger partial charge in [-0.2, -0.15) is 4.98 Å². The van der Waals surface area contributed by atoms with Crippen LogP contribution >= 0.6 is 0 Å². The van der Waals surface area contributed by atoms with Gasteiger partial charge in [-0.3, -0.25) is 0 Å². The van der Waals surface area contributed by atoms with Gasteiger partial charge in [0, 0.05) is 5.56 Å². The highest BCUT2D eigenvalue weighted by Gasteiger charge is 2.28. The van der Waals surface area contributed by atoms with Crippen molar-refractivity contribution in [1.29, 1.82) is 0 Å². The molecular formula is C21H19N5O3. The summed E-state index contributed by atoms with van der Waals surface area (Å²) < 4.78 is 18.8. The Balaban J connectivity index is 1.36. The molecule has 2 aromatic carbocycles. The molecule has 4 aromatic rings. The number of aromatic nitrogens is 5. The Morgan fingerprint density at radius 3 is 2.72 bits per heavy atom. The van der Waals surface area contributed by atoms with Crippen molar-refractivity contribution in [2.75, 3.05) is 6.61 Å². The van der Waals surface area contributed by atoms with Gasteiger partial charge in [-0.1, -0.05) is 52.8 Å². The van der Waals surface area contributed by atoms with Crippen LogP contribution in [0.3, 0.4) is 0 Å². The Labute approximate surface area is 167 Å². The van der Waals surface area contributed by atoms with Gasteiger partial charge in [-0.15, -0.1) is 5.10 Å². The molecule has 0 aliphatic carbocycles. The smallest absolute Gasteiger partial charge is 0.280 e. The summed E-state index contributed by atoms with van der Waals surface area (Å²) in [4.78, 5) is 4.47. The van der Waals surface area contributed by atoms with Crippen molar-refractivity contribution in [3.05, 3.63) is 65.9 Å². The minimum absolute atomic E-state index is 0.102. The van der Waals surface area contributed by atoms with Gasteiger partial charge in [0.25, 0.3) is 5.89 Å². The molecule has 0 saturated carbocycles. The summed E-state index contributed by atoms with van der Waals surface area (Å²) in [6, 6.07) is 17.6. The van der Waals surface area contributed by atoms with Gasteiger partial charge in [0.2, 0.25) is 5.82 Å². The first-order valence-corrected chi connectivity index (χ1v) is 9.48. The minimum Gasteiger partial charge on any atom is -0.494 e. The normalized spacial score (nSPS) is 15.8.